The fourth-order valence-corrected chi connectivity index (χ4v) is 4.34. The maximum absolute atomic E-state index is 12.9. The highest BCUT2D eigenvalue weighted by Gasteiger charge is 2.30. The van der Waals surface area contributed by atoms with E-state index in [1.54, 1.807) is 12.1 Å². The van der Waals surface area contributed by atoms with E-state index < -0.39 is 11.7 Å². The first-order valence-electron chi connectivity index (χ1n) is 11.9. The molecule has 1 unspecified atom stereocenters. The summed E-state index contributed by atoms with van der Waals surface area (Å²) >= 11 is 6.06. The van der Waals surface area contributed by atoms with Crippen molar-refractivity contribution in [1.82, 2.24) is 9.80 Å². The van der Waals surface area contributed by atoms with Crippen molar-refractivity contribution in [2.24, 2.45) is 0 Å². The summed E-state index contributed by atoms with van der Waals surface area (Å²) in [6.07, 6.45) is -4.27. The van der Waals surface area contributed by atoms with Gasteiger partial charge < -0.3 is 9.64 Å². The Kier molecular flexibility index (Phi) is 8.67. The lowest BCUT2D eigenvalue weighted by Gasteiger charge is -2.36. The van der Waals surface area contributed by atoms with E-state index in [0.717, 1.165) is 23.3 Å². The fraction of sp³-hybridized carbons (Fsp3) is 0.321. The Labute approximate surface area is 214 Å². The van der Waals surface area contributed by atoms with Gasteiger partial charge in [0.25, 0.3) is 0 Å². The first kappa shape index (κ1) is 26.2. The van der Waals surface area contributed by atoms with E-state index in [-0.39, 0.29) is 18.6 Å². The predicted molar refractivity (Wildman–Crippen MR) is 134 cm³/mol. The maximum Gasteiger partial charge on any atom is 0.416 e. The van der Waals surface area contributed by atoms with Crippen LogP contribution < -0.4 is 0 Å². The minimum absolute atomic E-state index is 0.119. The molecule has 190 valence electrons. The van der Waals surface area contributed by atoms with Crippen LogP contribution in [0, 0.1) is 0 Å². The van der Waals surface area contributed by atoms with Gasteiger partial charge in [0.05, 0.1) is 24.7 Å². The van der Waals surface area contributed by atoms with Crippen LogP contribution in [0.1, 0.15) is 28.4 Å². The third-order valence-corrected chi connectivity index (χ3v) is 6.57. The van der Waals surface area contributed by atoms with Crippen LogP contribution in [0.25, 0.3) is 0 Å². The summed E-state index contributed by atoms with van der Waals surface area (Å²) in [6.45, 7) is 3.49. The van der Waals surface area contributed by atoms with Crippen LogP contribution in [-0.4, -0.2) is 48.4 Å². The number of halogens is 4. The lowest BCUT2D eigenvalue weighted by molar-refractivity contribution is -0.137. The lowest BCUT2D eigenvalue weighted by atomic mass is 10.1. The molecule has 3 aromatic carbocycles. The van der Waals surface area contributed by atoms with Crippen molar-refractivity contribution in [3.63, 3.8) is 0 Å². The summed E-state index contributed by atoms with van der Waals surface area (Å²) in [5, 5.41) is 0.616. The second kappa shape index (κ2) is 11.9. The van der Waals surface area contributed by atoms with E-state index in [1.807, 2.05) is 47.4 Å². The topological polar surface area (TPSA) is 32.8 Å². The Morgan fingerprint density at radius 2 is 1.50 bits per heavy atom. The summed E-state index contributed by atoms with van der Waals surface area (Å²) in [5.41, 5.74) is 1.93. The van der Waals surface area contributed by atoms with Gasteiger partial charge >= 0.3 is 6.18 Å². The molecule has 1 amide bonds. The van der Waals surface area contributed by atoms with E-state index in [9.17, 15) is 18.0 Å². The average molecular weight is 517 g/mol. The first-order valence-corrected chi connectivity index (χ1v) is 12.2. The molecule has 36 heavy (non-hydrogen) atoms. The number of hydrogen-bond donors (Lipinski definition) is 0. The van der Waals surface area contributed by atoms with E-state index >= 15 is 0 Å². The summed E-state index contributed by atoms with van der Waals surface area (Å²) < 4.78 is 44.8. The highest BCUT2D eigenvalue weighted by molar-refractivity contribution is 6.30. The van der Waals surface area contributed by atoms with Gasteiger partial charge in [0.1, 0.15) is 0 Å². The molecule has 1 saturated heterocycles. The van der Waals surface area contributed by atoms with Gasteiger partial charge in [-0.1, -0.05) is 66.2 Å². The number of carbonyl (C=O) groups excluding carboxylic acids is 1. The molecule has 1 fully saturated rings. The standard InChI is InChI=1S/C28H28ClF3N2O2/c29-25-12-8-23(9-13-25)26(36-20-22-6-10-24(11-7-22)28(30,31)32)19-33-14-16-34(17-15-33)27(35)18-21-4-2-1-3-5-21/h1-13,26H,14-20H2. The predicted octanol–water partition coefficient (Wildman–Crippen LogP) is 6.00. The van der Waals surface area contributed by atoms with Gasteiger partial charge in [0.15, 0.2) is 0 Å². The zero-order valence-corrected chi connectivity index (χ0v) is 20.5. The van der Waals surface area contributed by atoms with Crippen LogP contribution >= 0.6 is 11.6 Å². The van der Waals surface area contributed by atoms with Crippen molar-refractivity contribution in [1.29, 1.82) is 0 Å². The molecule has 4 rings (SSSR count). The second-order valence-electron chi connectivity index (χ2n) is 8.89. The molecule has 0 saturated carbocycles. The van der Waals surface area contributed by atoms with Crippen LogP contribution in [0.3, 0.4) is 0 Å². The Bertz CT molecular complexity index is 1110. The zero-order chi connectivity index (χ0) is 25.5. The monoisotopic (exact) mass is 516 g/mol. The quantitative estimate of drug-likeness (QED) is 0.368. The number of carbonyl (C=O) groups is 1. The largest absolute Gasteiger partial charge is 0.416 e. The van der Waals surface area contributed by atoms with Gasteiger partial charge in [0.2, 0.25) is 5.91 Å². The fourth-order valence-electron chi connectivity index (χ4n) is 4.22. The van der Waals surface area contributed by atoms with E-state index in [2.05, 4.69) is 4.90 Å². The minimum atomic E-state index is -4.37. The number of piperazine rings is 1. The highest BCUT2D eigenvalue weighted by Crippen LogP contribution is 2.30. The molecule has 4 nitrogen and oxygen atoms in total. The Morgan fingerprint density at radius 3 is 2.11 bits per heavy atom. The first-order chi connectivity index (χ1) is 17.3. The molecule has 1 aliphatic rings. The molecule has 8 heteroatoms. The van der Waals surface area contributed by atoms with Crippen molar-refractivity contribution in [3.8, 4) is 0 Å². The molecule has 1 heterocycles. The van der Waals surface area contributed by atoms with E-state index in [4.69, 9.17) is 16.3 Å². The van der Waals surface area contributed by atoms with Gasteiger partial charge in [0, 0.05) is 37.7 Å². The Morgan fingerprint density at radius 1 is 0.861 bits per heavy atom. The van der Waals surface area contributed by atoms with Gasteiger partial charge in [-0.2, -0.15) is 13.2 Å². The highest BCUT2D eigenvalue weighted by atomic mass is 35.5. The Hall–Kier alpha value is -2.87. The number of benzene rings is 3. The maximum atomic E-state index is 12.9. The van der Waals surface area contributed by atoms with Crippen LogP contribution in [0.4, 0.5) is 13.2 Å². The third kappa shape index (κ3) is 7.32. The van der Waals surface area contributed by atoms with Crippen molar-refractivity contribution >= 4 is 17.5 Å². The van der Waals surface area contributed by atoms with Crippen molar-refractivity contribution in [2.75, 3.05) is 32.7 Å². The minimum Gasteiger partial charge on any atom is -0.368 e. The zero-order valence-electron chi connectivity index (χ0n) is 19.8. The van der Waals surface area contributed by atoms with Crippen LogP contribution in [-0.2, 0) is 28.7 Å². The molecule has 3 aromatic rings. The van der Waals surface area contributed by atoms with Gasteiger partial charge in [-0.3, -0.25) is 9.69 Å². The summed E-state index contributed by atoms with van der Waals surface area (Å²) in [6, 6.07) is 22.1. The third-order valence-electron chi connectivity index (χ3n) is 6.32. The number of rotatable bonds is 8. The van der Waals surface area contributed by atoms with E-state index in [1.165, 1.54) is 12.1 Å². The summed E-state index contributed by atoms with van der Waals surface area (Å²) in [5.74, 6) is 0.119. The smallest absolute Gasteiger partial charge is 0.368 e. The van der Waals surface area contributed by atoms with E-state index in [0.29, 0.717) is 49.7 Å². The SMILES string of the molecule is O=C(Cc1ccccc1)N1CCN(CC(OCc2ccc(C(F)(F)F)cc2)c2ccc(Cl)cc2)CC1. The van der Waals surface area contributed by atoms with Gasteiger partial charge in [-0.15, -0.1) is 0 Å². The molecule has 0 aromatic heterocycles. The second-order valence-corrected chi connectivity index (χ2v) is 9.33. The number of nitrogens with zero attached hydrogens (tertiary/aromatic N) is 2. The summed E-state index contributed by atoms with van der Waals surface area (Å²) in [7, 11) is 0. The molecule has 0 aliphatic carbocycles. The molecule has 1 aliphatic heterocycles. The van der Waals surface area contributed by atoms with Crippen LogP contribution in [0.15, 0.2) is 78.9 Å². The van der Waals surface area contributed by atoms with Gasteiger partial charge in [-0.25, -0.2) is 0 Å². The van der Waals surface area contributed by atoms with Crippen molar-refractivity contribution < 1.29 is 22.7 Å². The molecular weight excluding hydrogens is 489 g/mol. The van der Waals surface area contributed by atoms with Crippen LogP contribution in [0.2, 0.25) is 5.02 Å². The van der Waals surface area contributed by atoms with Crippen molar-refractivity contribution in [3.05, 3.63) is 106 Å². The molecule has 0 spiro atoms. The average Bonchev–Trinajstić information content (AvgIpc) is 2.88. The number of alkyl halides is 3. The lowest BCUT2D eigenvalue weighted by Crippen LogP contribution is -2.50. The summed E-state index contributed by atoms with van der Waals surface area (Å²) in [4.78, 5) is 16.8. The Balaban J connectivity index is 1.35. The number of ether oxygens (including phenoxy) is 1. The van der Waals surface area contributed by atoms with Gasteiger partial charge in [-0.05, 0) is 41.0 Å². The molecule has 0 N–H and O–H groups in total. The molecule has 0 radical (unpaired) electrons. The van der Waals surface area contributed by atoms with Crippen molar-refractivity contribution in [2.45, 2.75) is 25.3 Å². The van der Waals surface area contributed by atoms with Crippen LogP contribution in [0.5, 0.6) is 0 Å². The molecule has 0 bridgehead atoms. The normalized spacial score (nSPS) is 15.6. The molecular formula is C28H28ClF3N2O2. The number of hydrogen-bond acceptors (Lipinski definition) is 3. The molecule has 1 atom stereocenters. The number of amides is 1.